The van der Waals surface area contributed by atoms with Crippen LogP contribution in [0.25, 0.3) is 0 Å². The number of hydrogen-bond donors (Lipinski definition) is 4. The summed E-state index contributed by atoms with van der Waals surface area (Å²) >= 11 is 1.09. The van der Waals surface area contributed by atoms with Crippen molar-refractivity contribution in [3.8, 4) is 0 Å². The molecular weight excluding hydrogens is 318 g/mol. The summed E-state index contributed by atoms with van der Waals surface area (Å²) in [7, 11) is 0. The van der Waals surface area contributed by atoms with Crippen LogP contribution in [0.4, 0.5) is 23.3 Å². The Morgan fingerprint density at radius 3 is 2.30 bits per heavy atom. The highest BCUT2D eigenvalue weighted by Gasteiger charge is 2.08. The molecule has 9 nitrogen and oxygen atoms in total. The lowest BCUT2D eigenvalue weighted by molar-refractivity contribution is -0.114. The maximum atomic E-state index is 11.9. The molecule has 0 fully saturated rings. The first kappa shape index (κ1) is 16.5. The molecule has 1 heterocycles. The third-order valence-corrected chi connectivity index (χ3v) is 3.30. The Morgan fingerprint density at radius 2 is 1.70 bits per heavy atom. The number of nitrogens with one attached hydrogen (secondary N) is 2. The highest BCUT2D eigenvalue weighted by Crippen LogP contribution is 2.17. The summed E-state index contributed by atoms with van der Waals surface area (Å²) in [5.74, 6) is -0.360. The van der Waals surface area contributed by atoms with E-state index in [0.29, 0.717) is 11.4 Å². The number of amides is 2. The molecule has 2 aromatic rings. The van der Waals surface area contributed by atoms with Crippen molar-refractivity contribution in [3.63, 3.8) is 0 Å². The van der Waals surface area contributed by atoms with Gasteiger partial charge >= 0.3 is 0 Å². The molecule has 1 aromatic heterocycles. The van der Waals surface area contributed by atoms with E-state index in [2.05, 4.69) is 25.6 Å². The maximum absolute atomic E-state index is 11.9. The smallest absolute Gasteiger partial charge is 0.234 e. The Kier molecular flexibility index (Phi) is 5.31. The van der Waals surface area contributed by atoms with E-state index in [1.807, 2.05) is 0 Å². The van der Waals surface area contributed by atoms with Gasteiger partial charge in [-0.2, -0.15) is 15.0 Å². The molecule has 0 atom stereocenters. The third-order valence-electron chi connectivity index (χ3n) is 2.45. The van der Waals surface area contributed by atoms with Crippen LogP contribution < -0.4 is 22.1 Å². The van der Waals surface area contributed by atoms with Crippen LogP contribution in [0, 0.1) is 0 Å². The van der Waals surface area contributed by atoms with Crippen LogP contribution in [-0.2, 0) is 9.59 Å². The third kappa shape index (κ3) is 5.43. The highest BCUT2D eigenvalue weighted by atomic mass is 32.2. The fourth-order valence-electron chi connectivity index (χ4n) is 1.66. The average molecular weight is 333 g/mol. The number of carbonyl (C=O) groups excluding carboxylic acids is 2. The molecule has 0 aliphatic rings. The maximum Gasteiger partial charge on any atom is 0.234 e. The van der Waals surface area contributed by atoms with Gasteiger partial charge < -0.3 is 22.1 Å². The summed E-state index contributed by atoms with van der Waals surface area (Å²) in [4.78, 5) is 34.3. The van der Waals surface area contributed by atoms with Crippen LogP contribution in [0.15, 0.2) is 29.4 Å². The van der Waals surface area contributed by atoms with Crippen molar-refractivity contribution >= 4 is 46.8 Å². The minimum atomic E-state index is -0.257. The summed E-state index contributed by atoms with van der Waals surface area (Å²) < 4.78 is 0. The topological polar surface area (TPSA) is 149 Å². The Hall–Kier alpha value is -2.88. The Labute approximate surface area is 136 Å². The monoisotopic (exact) mass is 333 g/mol. The summed E-state index contributed by atoms with van der Waals surface area (Å²) in [6.45, 7) is 1.41. The minimum Gasteiger partial charge on any atom is -0.368 e. The summed E-state index contributed by atoms with van der Waals surface area (Å²) in [6.07, 6.45) is 0. The summed E-state index contributed by atoms with van der Waals surface area (Å²) in [5, 5.41) is 5.62. The first-order chi connectivity index (χ1) is 10.9. The van der Waals surface area contributed by atoms with Gasteiger partial charge in [0.25, 0.3) is 0 Å². The molecule has 10 heteroatoms. The number of hydrogen-bond acceptors (Lipinski definition) is 8. The van der Waals surface area contributed by atoms with Crippen LogP contribution in [0.5, 0.6) is 0 Å². The fraction of sp³-hybridized carbons (Fsp3) is 0.154. The van der Waals surface area contributed by atoms with Crippen molar-refractivity contribution in [1.29, 1.82) is 0 Å². The number of thioether (sulfide) groups is 1. The zero-order valence-electron chi connectivity index (χ0n) is 12.2. The van der Waals surface area contributed by atoms with E-state index in [0.717, 1.165) is 11.8 Å². The fourth-order valence-corrected chi connectivity index (χ4v) is 2.31. The molecule has 2 rings (SSSR count). The largest absolute Gasteiger partial charge is 0.368 e. The van der Waals surface area contributed by atoms with E-state index < -0.39 is 0 Å². The van der Waals surface area contributed by atoms with E-state index >= 15 is 0 Å². The molecule has 2 amide bonds. The van der Waals surface area contributed by atoms with Crippen LogP contribution in [0.3, 0.4) is 0 Å². The standard InChI is InChI=1S/C13H15N7O2S/c1-7(21)16-8-3-2-4-9(5-8)17-10(22)6-23-13-19-11(14)18-12(15)20-13/h2-5H,6H2,1H3,(H,16,21)(H,17,22)(H4,14,15,18,19,20). The van der Waals surface area contributed by atoms with Gasteiger partial charge in [0.05, 0.1) is 5.75 Å². The van der Waals surface area contributed by atoms with Crippen molar-refractivity contribution in [2.45, 2.75) is 12.1 Å². The number of rotatable bonds is 5. The van der Waals surface area contributed by atoms with Gasteiger partial charge in [-0.25, -0.2) is 0 Å². The minimum absolute atomic E-state index is 0.00316. The van der Waals surface area contributed by atoms with Gasteiger partial charge in [-0.1, -0.05) is 17.8 Å². The van der Waals surface area contributed by atoms with E-state index in [1.54, 1.807) is 24.3 Å². The van der Waals surface area contributed by atoms with Crippen molar-refractivity contribution in [2.75, 3.05) is 27.9 Å². The van der Waals surface area contributed by atoms with Gasteiger partial charge in [0.15, 0.2) is 5.16 Å². The van der Waals surface area contributed by atoms with Gasteiger partial charge in [-0.15, -0.1) is 0 Å². The van der Waals surface area contributed by atoms with Gasteiger partial charge in [0.1, 0.15) is 0 Å². The van der Waals surface area contributed by atoms with Crippen LogP contribution in [0.2, 0.25) is 0 Å². The molecule has 0 spiro atoms. The van der Waals surface area contributed by atoms with Crippen molar-refractivity contribution in [1.82, 2.24) is 15.0 Å². The SMILES string of the molecule is CC(=O)Nc1cccc(NC(=O)CSc2nc(N)nc(N)n2)c1. The van der Waals surface area contributed by atoms with E-state index in [9.17, 15) is 9.59 Å². The van der Waals surface area contributed by atoms with Gasteiger partial charge in [0, 0.05) is 18.3 Å². The lowest BCUT2D eigenvalue weighted by Crippen LogP contribution is -2.15. The summed E-state index contributed by atoms with van der Waals surface area (Å²) in [5.41, 5.74) is 12.1. The lowest BCUT2D eigenvalue weighted by Gasteiger charge is -2.07. The molecule has 0 saturated carbocycles. The van der Waals surface area contributed by atoms with Gasteiger partial charge in [-0.05, 0) is 18.2 Å². The normalized spacial score (nSPS) is 10.1. The molecular formula is C13H15N7O2S. The quantitative estimate of drug-likeness (QED) is 0.585. The van der Waals surface area contributed by atoms with E-state index in [-0.39, 0.29) is 34.6 Å². The lowest BCUT2D eigenvalue weighted by atomic mass is 10.2. The molecule has 6 N–H and O–H groups in total. The number of nitrogens with two attached hydrogens (primary N) is 2. The molecule has 1 aromatic carbocycles. The van der Waals surface area contributed by atoms with Crippen LogP contribution >= 0.6 is 11.8 Å². The van der Waals surface area contributed by atoms with Crippen LogP contribution in [0.1, 0.15) is 6.92 Å². The first-order valence-corrected chi connectivity index (χ1v) is 7.48. The van der Waals surface area contributed by atoms with Gasteiger partial charge in [-0.3, -0.25) is 9.59 Å². The molecule has 0 unspecified atom stereocenters. The molecule has 23 heavy (non-hydrogen) atoms. The zero-order valence-corrected chi connectivity index (χ0v) is 13.1. The average Bonchev–Trinajstić information content (AvgIpc) is 2.44. The predicted molar refractivity (Wildman–Crippen MR) is 88.8 cm³/mol. The molecule has 0 aliphatic carbocycles. The predicted octanol–water partition coefficient (Wildman–Crippen LogP) is 0.725. The van der Waals surface area contributed by atoms with E-state index in [4.69, 9.17) is 11.5 Å². The number of benzene rings is 1. The number of aromatic nitrogens is 3. The van der Waals surface area contributed by atoms with Crippen molar-refractivity contribution in [3.05, 3.63) is 24.3 Å². The molecule has 0 saturated heterocycles. The molecule has 0 radical (unpaired) electrons. The Bertz CT molecular complexity index is 718. The second kappa shape index (κ2) is 7.40. The number of anilines is 4. The van der Waals surface area contributed by atoms with E-state index in [1.165, 1.54) is 6.92 Å². The molecule has 120 valence electrons. The van der Waals surface area contributed by atoms with Crippen molar-refractivity contribution < 1.29 is 9.59 Å². The van der Waals surface area contributed by atoms with Gasteiger partial charge in [0.2, 0.25) is 23.7 Å². The number of carbonyl (C=O) groups is 2. The number of nitrogen functional groups attached to an aromatic ring is 2. The summed E-state index contributed by atoms with van der Waals surface area (Å²) in [6, 6.07) is 6.82. The Morgan fingerprint density at radius 1 is 1.09 bits per heavy atom. The molecule has 0 bridgehead atoms. The zero-order chi connectivity index (χ0) is 16.8. The second-order valence-electron chi connectivity index (χ2n) is 4.43. The van der Waals surface area contributed by atoms with Crippen molar-refractivity contribution in [2.24, 2.45) is 0 Å². The Balaban J connectivity index is 1.93. The first-order valence-electron chi connectivity index (χ1n) is 6.49. The van der Waals surface area contributed by atoms with Crippen LogP contribution in [-0.4, -0.2) is 32.5 Å². The second-order valence-corrected chi connectivity index (χ2v) is 5.38. The molecule has 0 aliphatic heterocycles. The highest BCUT2D eigenvalue weighted by molar-refractivity contribution is 7.99. The number of nitrogens with zero attached hydrogens (tertiary/aromatic N) is 3.